The zero-order valence-corrected chi connectivity index (χ0v) is 10.5. The molecule has 5 heteroatoms. The minimum absolute atomic E-state index is 0.0545. The van der Waals surface area contributed by atoms with Gasteiger partial charge in [0.1, 0.15) is 5.78 Å². The van der Waals surface area contributed by atoms with Crippen LogP contribution in [0.4, 0.5) is 5.69 Å². The van der Waals surface area contributed by atoms with E-state index < -0.39 is 4.92 Å². The molecule has 0 amide bonds. The molecule has 0 aliphatic carbocycles. The number of hydrogen-bond donors (Lipinski definition) is 0. The van der Waals surface area contributed by atoms with Crippen molar-refractivity contribution >= 4 is 34.1 Å². The maximum atomic E-state index is 11.2. The molecule has 0 aromatic heterocycles. The second-order valence-corrected chi connectivity index (χ2v) is 4.46. The molecule has 0 spiro atoms. The average Bonchev–Trinajstić information content (AvgIpc) is 2.16. The van der Waals surface area contributed by atoms with Crippen molar-refractivity contribution in [1.82, 2.24) is 0 Å². The lowest BCUT2D eigenvalue weighted by molar-refractivity contribution is -0.385. The van der Waals surface area contributed by atoms with Crippen molar-refractivity contribution in [2.75, 3.05) is 0 Å². The van der Waals surface area contributed by atoms with Crippen LogP contribution in [0.5, 0.6) is 0 Å². The Bertz CT molecular complexity index is 417. The Balaban J connectivity index is 3.13. The molecule has 1 aromatic rings. The summed E-state index contributed by atoms with van der Waals surface area (Å²) in [6.07, 6.45) is 0. The molecule has 1 rings (SSSR count). The average molecular weight is 319 g/mol. The number of carbonyl (C=O) groups excluding carboxylic acids is 1. The van der Waals surface area contributed by atoms with Gasteiger partial charge in [-0.25, -0.2) is 0 Å². The van der Waals surface area contributed by atoms with Crippen LogP contribution < -0.4 is 0 Å². The Morgan fingerprint density at radius 1 is 1.53 bits per heavy atom. The van der Waals surface area contributed by atoms with Crippen LogP contribution in [-0.2, 0) is 4.79 Å². The summed E-state index contributed by atoms with van der Waals surface area (Å²) >= 11 is 2.01. The molecule has 0 fully saturated rings. The minimum atomic E-state index is -0.440. The summed E-state index contributed by atoms with van der Waals surface area (Å²) in [5.41, 5.74) is 0.896. The number of Topliss-reactive ketones (excluding diaryl/α,β-unsaturated/α-hetero) is 1. The van der Waals surface area contributed by atoms with Gasteiger partial charge in [0.2, 0.25) is 0 Å². The van der Waals surface area contributed by atoms with Crippen LogP contribution >= 0.6 is 22.6 Å². The zero-order valence-electron chi connectivity index (χ0n) is 8.36. The van der Waals surface area contributed by atoms with Crippen LogP contribution in [0.1, 0.15) is 25.3 Å². The molecule has 0 saturated carbocycles. The van der Waals surface area contributed by atoms with Gasteiger partial charge in [-0.1, -0.05) is 13.0 Å². The number of nitro groups is 1. The highest BCUT2D eigenvalue weighted by atomic mass is 127. The molecule has 0 radical (unpaired) electrons. The third-order valence-electron chi connectivity index (χ3n) is 2.27. The SMILES string of the molecule is CC(=O)C(C)c1ccc([N+](=O)[O-])cc1I. The number of halogens is 1. The van der Waals surface area contributed by atoms with E-state index in [4.69, 9.17) is 0 Å². The maximum Gasteiger partial charge on any atom is 0.270 e. The number of carbonyl (C=O) groups is 1. The number of rotatable bonds is 3. The van der Waals surface area contributed by atoms with Crippen molar-refractivity contribution < 1.29 is 9.72 Å². The Kier molecular flexibility index (Phi) is 3.78. The van der Waals surface area contributed by atoms with Gasteiger partial charge in [0.15, 0.2) is 0 Å². The van der Waals surface area contributed by atoms with Crippen LogP contribution in [0, 0.1) is 13.7 Å². The van der Waals surface area contributed by atoms with Crippen LogP contribution in [0.15, 0.2) is 18.2 Å². The molecule has 0 heterocycles. The van der Waals surface area contributed by atoms with E-state index in [-0.39, 0.29) is 17.4 Å². The molecular weight excluding hydrogens is 309 g/mol. The molecule has 0 saturated heterocycles. The van der Waals surface area contributed by atoms with E-state index in [2.05, 4.69) is 0 Å². The lowest BCUT2D eigenvalue weighted by atomic mass is 9.97. The quantitative estimate of drug-likeness (QED) is 0.489. The van der Waals surface area contributed by atoms with Gasteiger partial charge in [-0.2, -0.15) is 0 Å². The third-order valence-corrected chi connectivity index (χ3v) is 3.21. The van der Waals surface area contributed by atoms with Crippen molar-refractivity contribution in [2.24, 2.45) is 0 Å². The largest absolute Gasteiger partial charge is 0.299 e. The van der Waals surface area contributed by atoms with Crippen molar-refractivity contribution in [2.45, 2.75) is 19.8 Å². The molecule has 1 unspecified atom stereocenters. The zero-order chi connectivity index (χ0) is 11.6. The number of hydrogen-bond acceptors (Lipinski definition) is 3. The second kappa shape index (κ2) is 4.69. The molecule has 80 valence electrons. The summed E-state index contributed by atoms with van der Waals surface area (Å²) in [6, 6.07) is 4.55. The molecule has 15 heavy (non-hydrogen) atoms. The number of benzene rings is 1. The highest BCUT2D eigenvalue weighted by Crippen LogP contribution is 2.26. The summed E-state index contributed by atoms with van der Waals surface area (Å²) in [5, 5.41) is 10.5. The standard InChI is InChI=1S/C10H10INO3/c1-6(7(2)13)9-4-3-8(12(14)15)5-10(9)11/h3-6H,1-2H3. The van der Waals surface area contributed by atoms with Crippen LogP contribution in [0.2, 0.25) is 0 Å². The summed E-state index contributed by atoms with van der Waals surface area (Å²) in [6.45, 7) is 3.31. The normalized spacial score (nSPS) is 12.2. The number of nitro benzene ring substituents is 1. The molecule has 0 N–H and O–H groups in total. The highest BCUT2D eigenvalue weighted by molar-refractivity contribution is 14.1. The van der Waals surface area contributed by atoms with Gasteiger partial charge >= 0.3 is 0 Å². The lowest BCUT2D eigenvalue weighted by Crippen LogP contribution is -2.06. The highest BCUT2D eigenvalue weighted by Gasteiger charge is 2.16. The third kappa shape index (κ3) is 2.74. The van der Waals surface area contributed by atoms with Gasteiger partial charge in [0, 0.05) is 21.6 Å². The van der Waals surface area contributed by atoms with E-state index in [0.29, 0.717) is 0 Å². The Hall–Kier alpha value is -0.980. The molecule has 0 aliphatic rings. The first-order chi connectivity index (χ1) is 6.93. The van der Waals surface area contributed by atoms with Gasteiger partial charge in [-0.15, -0.1) is 0 Å². The summed E-state index contributed by atoms with van der Waals surface area (Å²) in [5.74, 6) is -0.153. The number of nitrogens with zero attached hydrogens (tertiary/aromatic N) is 1. The Morgan fingerprint density at radius 2 is 2.13 bits per heavy atom. The van der Waals surface area contributed by atoms with Crippen molar-refractivity contribution in [3.05, 3.63) is 37.4 Å². The number of ketones is 1. The predicted molar refractivity (Wildman–Crippen MR) is 64.9 cm³/mol. The van der Waals surface area contributed by atoms with E-state index in [1.165, 1.54) is 19.1 Å². The van der Waals surface area contributed by atoms with Crippen molar-refractivity contribution in [3.8, 4) is 0 Å². The fourth-order valence-electron chi connectivity index (χ4n) is 1.20. The summed E-state index contributed by atoms with van der Waals surface area (Å²) in [4.78, 5) is 21.2. The van der Waals surface area contributed by atoms with Gasteiger partial charge in [0.25, 0.3) is 5.69 Å². The lowest BCUT2D eigenvalue weighted by Gasteiger charge is -2.09. The van der Waals surface area contributed by atoms with E-state index in [1.54, 1.807) is 13.0 Å². The van der Waals surface area contributed by atoms with Crippen molar-refractivity contribution in [1.29, 1.82) is 0 Å². The van der Waals surface area contributed by atoms with E-state index >= 15 is 0 Å². The monoisotopic (exact) mass is 319 g/mol. The minimum Gasteiger partial charge on any atom is -0.299 e. The van der Waals surface area contributed by atoms with Crippen LogP contribution in [-0.4, -0.2) is 10.7 Å². The molecule has 0 bridgehead atoms. The molecule has 4 nitrogen and oxygen atoms in total. The predicted octanol–water partition coefficient (Wildman–Crippen LogP) is 2.89. The first-order valence-electron chi connectivity index (χ1n) is 4.37. The number of non-ortho nitro benzene ring substituents is 1. The Morgan fingerprint density at radius 3 is 2.53 bits per heavy atom. The fourth-order valence-corrected chi connectivity index (χ4v) is 2.17. The van der Waals surface area contributed by atoms with Crippen LogP contribution in [0.3, 0.4) is 0 Å². The molecule has 1 atom stereocenters. The topological polar surface area (TPSA) is 60.2 Å². The van der Waals surface area contributed by atoms with Gasteiger partial charge in [-0.05, 0) is 35.1 Å². The van der Waals surface area contributed by atoms with Gasteiger partial charge in [-0.3, -0.25) is 14.9 Å². The van der Waals surface area contributed by atoms with Gasteiger partial charge in [0.05, 0.1) is 4.92 Å². The summed E-state index contributed by atoms with van der Waals surface area (Å²) in [7, 11) is 0. The second-order valence-electron chi connectivity index (χ2n) is 3.30. The van der Waals surface area contributed by atoms with E-state index in [9.17, 15) is 14.9 Å². The molecular formula is C10H10INO3. The van der Waals surface area contributed by atoms with Crippen LogP contribution in [0.25, 0.3) is 0 Å². The summed E-state index contributed by atoms with van der Waals surface area (Å²) < 4.78 is 0.754. The van der Waals surface area contributed by atoms with Crippen molar-refractivity contribution in [3.63, 3.8) is 0 Å². The maximum absolute atomic E-state index is 11.2. The Labute approximate surface area is 101 Å². The molecule has 0 aliphatic heterocycles. The first-order valence-corrected chi connectivity index (χ1v) is 5.45. The first kappa shape index (κ1) is 12.1. The smallest absolute Gasteiger partial charge is 0.270 e. The fraction of sp³-hybridized carbons (Fsp3) is 0.300. The van der Waals surface area contributed by atoms with E-state index in [0.717, 1.165) is 9.13 Å². The van der Waals surface area contributed by atoms with Gasteiger partial charge < -0.3 is 0 Å². The van der Waals surface area contributed by atoms with E-state index in [1.807, 2.05) is 22.6 Å². The molecule has 1 aromatic carbocycles.